The topological polar surface area (TPSA) is 75.4 Å². The van der Waals surface area contributed by atoms with E-state index in [1.807, 2.05) is 24.3 Å². The molecular weight excluding hydrogens is 687 g/mol. The second kappa shape index (κ2) is 35.4. The maximum atomic E-state index is 13.3. The minimum atomic E-state index is -0.0291. The maximum Gasteiger partial charge on any atom is 0.278 e. The molecule has 1 aromatic carbocycles. The zero-order valence-corrected chi connectivity index (χ0v) is 36.1. The molecule has 0 aliphatic rings. The Bertz CT molecular complexity index is 1120. The molecule has 0 bridgehead atoms. The number of amides is 2. The number of nitrogens with zero attached hydrogens (tertiary/aromatic N) is 2. The van der Waals surface area contributed by atoms with E-state index in [1.54, 1.807) is 4.31 Å². The average Bonchev–Trinajstić information content (AvgIpc) is 3.60. The fourth-order valence-corrected chi connectivity index (χ4v) is 8.21. The summed E-state index contributed by atoms with van der Waals surface area (Å²) in [5.74, 6) is -0.0562. The summed E-state index contributed by atoms with van der Waals surface area (Å²) in [4.78, 5) is 30.5. The highest BCUT2D eigenvalue weighted by molar-refractivity contribution is 7.97. The van der Waals surface area contributed by atoms with E-state index in [0.29, 0.717) is 18.3 Å². The van der Waals surface area contributed by atoms with Crippen molar-refractivity contribution in [2.45, 2.75) is 237 Å². The number of nitrogens with one attached hydrogen (secondary N) is 1. The smallest absolute Gasteiger partial charge is 0.278 e. The number of unbranched alkanes of at least 4 members (excludes halogenated alkanes) is 30. The molecule has 0 radical (unpaired) electrons. The van der Waals surface area contributed by atoms with Crippen molar-refractivity contribution in [1.82, 2.24) is 14.6 Å². The predicted octanol–water partition coefficient (Wildman–Crippen LogP) is 15.1. The van der Waals surface area contributed by atoms with Crippen LogP contribution in [0.3, 0.4) is 0 Å². The zero-order chi connectivity index (χ0) is 38.6. The number of rotatable bonds is 39. The summed E-state index contributed by atoms with van der Waals surface area (Å²) in [6.45, 7) is 5.91. The van der Waals surface area contributed by atoms with Gasteiger partial charge in [-0.05, 0) is 25.0 Å². The van der Waals surface area contributed by atoms with Gasteiger partial charge in [-0.15, -0.1) is 0 Å². The fourth-order valence-electron chi connectivity index (χ4n) is 7.34. The first kappa shape index (κ1) is 48.1. The van der Waals surface area contributed by atoms with Crippen molar-refractivity contribution < 1.29 is 14.0 Å². The molecule has 1 heterocycles. The molecule has 310 valence electrons. The van der Waals surface area contributed by atoms with Crippen molar-refractivity contribution in [1.29, 1.82) is 0 Å². The Kier molecular flexibility index (Phi) is 31.5. The molecule has 6 nitrogen and oxygen atoms in total. The van der Waals surface area contributed by atoms with E-state index in [9.17, 15) is 9.59 Å². The van der Waals surface area contributed by atoms with E-state index in [2.05, 4.69) is 24.1 Å². The number of carbonyl (C=O) groups excluding carboxylic acids is 2. The highest BCUT2D eigenvalue weighted by Crippen LogP contribution is 2.28. The van der Waals surface area contributed by atoms with E-state index < -0.39 is 0 Å². The summed E-state index contributed by atoms with van der Waals surface area (Å²) in [7, 11) is 0. The minimum absolute atomic E-state index is 0.0271. The van der Waals surface area contributed by atoms with Crippen LogP contribution in [-0.2, 0) is 9.59 Å². The van der Waals surface area contributed by atoms with E-state index >= 15 is 0 Å². The van der Waals surface area contributed by atoms with Crippen LogP contribution < -0.4 is 5.32 Å². The summed E-state index contributed by atoms with van der Waals surface area (Å²) < 4.78 is 7.70. The standard InChI is InChI=1S/C47H83N3O3S/c1-3-5-7-9-11-13-15-17-19-21-23-25-27-29-31-35-41-48-45(51)39-40-46(52)50(54-47-49-43-37-33-34-38-44(43)53-47)42-36-32-30-28-26-24-22-20-18-16-14-12-10-8-6-4-2/h33-34,37-38H,3-32,35-36,39-42H2,1-2H3,(H,48,51). The van der Waals surface area contributed by atoms with Crippen molar-refractivity contribution >= 4 is 34.9 Å². The van der Waals surface area contributed by atoms with Crippen molar-refractivity contribution in [3.05, 3.63) is 24.3 Å². The quantitative estimate of drug-likeness (QED) is 0.0541. The fraction of sp³-hybridized carbons (Fsp3) is 0.809. The van der Waals surface area contributed by atoms with Gasteiger partial charge in [0.25, 0.3) is 5.22 Å². The van der Waals surface area contributed by atoms with Gasteiger partial charge >= 0.3 is 0 Å². The summed E-state index contributed by atoms with van der Waals surface area (Å²) in [5, 5.41) is 3.53. The van der Waals surface area contributed by atoms with E-state index in [1.165, 1.54) is 192 Å². The molecule has 1 aromatic heterocycles. The molecule has 7 heteroatoms. The Morgan fingerprint density at radius 3 is 1.41 bits per heavy atom. The van der Waals surface area contributed by atoms with Crippen LogP contribution in [0.4, 0.5) is 0 Å². The molecule has 0 saturated heterocycles. The number of hydrogen-bond acceptors (Lipinski definition) is 5. The number of hydrogen-bond donors (Lipinski definition) is 1. The molecule has 54 heavy (non-hydrogen) atoms. The van der Waals surface area contributed by atoms with E-state index in [0.717, 1.165) is 36.8 Å². The molecule has 2 aromatic rings. The maximum absolute atomic E-state index is 13.3. The normalized spacial score (nSPS) is 11.4. The average molecular weight is 770 g/mol. The predicted molar refractivity (Wildman–Crippen MR) is 233 cm³/mol. The SMILES string of the molecule is CCCCCCCCCCCCCCCCCCNC(=O)CCC(=O)N(CCCCCCCCCCCCCCCCCC)Sc1nc2ccccc2o1. The molecule has 1 N–H and O–H groups in total. The van der Waals surface area contributed by atoms with Crippen LogP contribution in [0.1, 0.15) is 232 Å². The van der Waals surface area contributed by atoms with Gasteiger partial charge in [-0.2, -0.15) is 0 Å². The molecule has 2 amide bonds. The molecular formula is C47H83N3O3S. The third-order valence-corrected chi connectivity index (χ3v) is 11.8. The Balaban J connectivity index is 1.53. The third kappa shape index (κ3) is 26.7. The lowest BCUT2D eigenvalue weighted by molar-refractivity contribution is -0.129. The van der Waals surface area contributed by atoms with Crippen LogP contribution in [0.2, 0.25) is 0 Å². The molecule has 2 rings (SSSR count). The van der Waals surface area contributed by atoms with Gasteiger partial charge in [-0.3, -0.25) is 13.9 Å². The second-order valence-corrected chi connectivity index (χ2v) is 17.0. The largest absolute Gasteiger partial charge is 0.430 e. The lowest BCUT2D eigenvalue weighted by Crippen LogP contribution is -2.29. The van der Waals surface area contributed by atoms with E-state index in [4.69, 9.17) is 4.42 Å². The molecule has 0 aliphatic carbocycles. The van der Waals surface area contributed by atoms with Gasteiger partial charge in [0.2, 0.25) is 11.8 Å². The summed E-state index contributed by atoms with van der Waals surface area (Å²) in [5.41, 5.74) is 1.52. The van der Waals surface area contributed by atoms with Crippen LogP contribution in [-0.4, -0.2) is 34.2 Å². The first-order chi connectivity index (χ1) is 26.6. The molecule has 0 saturated carbocycles. The first-order valence-electron chi connectivity index (χ1n) is 23.2. The van der Waals surface area contributed by atoms with Gasteiger partial charge < -0.3 is 9.73 Å². The van der Waals surface area contributed by atoms with Crippen molar-refractivity contribution in [3.63, 3.8) is 0 Å². The van der Waals surface area contributed by atoms with Crippen molar-refractivity contribution in [2.75, 3.05) is 13.1 Å². The highest BCUT2D eigenvalue weighted by Gasteiger charge is 2.19. The third-order valence-electron chi connectivity index (χ3n) is 10.9. The molecule has 0 fully saturated rings. The number of fused-ring (bicyclic) bond motifs is 1. The molecule has 0 spiro atoms. The monoisotopic (exact) mass is 770 g/mol. The lowest BCUT2D eigenvalue weighted by atomic mass is 10.0. The van der Waals surface area contributed by atoms with Gasteiger partial charge in [0.05, 0.1) is 11.9 Å². The van der Waals surface area contributed by atoms with E-state index in [-0.39, 0.29) is 24.7 Å². The Morgan fingerprint density at radius 1 is 0.556 bits per heavy atom. The summed E-state index contributed by atoms with van der Waals surface area (Å²) in [6, 6.07) is 7.70. The van der Waals surface area contributed by atoms with Gasteiger partial charge in [0.1, 0.15) is 5.52 Å². The Hall–Kier alpha value is -2.02. The van der Waals surface area contributed by atoms with Gasteiger partial charge in [-0.1, -0.05) is 219 Å². The van der Waals surface area contributed by atoms with Crippen LogP contribution in [0.5, 0.6) is 0 Å². The molecule has 0 unspecified atom stereocenters. The summed E-state index contributed by atoms with van der Waals surface area (Å²) >= 11 is 1.28. The zero-order valence-electron chi connectivity index (χ0n) is 35.3. The summed E-state index contributed by atoms with van der Waals surface area (Å²) in [6.07, 6.45) is 43.0. The first-order valence-corrected chi connectivity index (χ1v) is 24.0. The Labute approximate surface area is 337 Å². The number of benzene rings is 1. The number of aromatic nitrogens is 1. The van der Waals surface area contributed by atoms with Gasteiger partial charge in [-0.25, -0.2) is 4.98 Å². The van der Waals surface area contributed by atoms with Crippen LogP contribution in [0.15, 0.2) is 33.9 Å². The second-order valence-electron chi connectivity index (χ2n) is 16.0. The van der Waals surface area contributed by atoms with Crippen molar-refractivity contribution in [2.24, 2.45) is 0 Å². The van der Waals surface area contributed by atoms with Crippen LogP contribution >= 0.6 is 11.9 Å². The number of para-hydroxylation sites is 2. The Morgan fingerprint density at radius 2 is 0.963 bits per heavy atom. The van der Waals surface area contributed by atoms with Crippen LogP contribution in [0, 0.1) is 0 Å². The van der Waals surface area contributed by atoms with Crippen LogP contribution in [0.25, 0.3) is 11.1 Å². The van der Waals surface area contributed by atoms with Gasteiger partial charge in [0.15, 0.2) is 5.58 Å². The molecule has 0 atom stereocenters. The lowest BCUT2D eigenvalue weighted by Gasteiger charge is -2.19. The number of oxazole rings is 1. The van der Waals surface area contributed by atoms with Gasteiger partial charge in [0, 0.05) is 25.9 Å². The van der Waals surface area contributed by atoms with Crippen molar-refractivity contribution in [3.8, 4) is 0 Å². The molecule has 0 aliphatic heterocycles. The highest BCUT2D eigenvalue weighted by atomic mass is 32.2. The number of carbonyl (C=O) groups is 2. The minimum Gasteiger partial charge on any atom is -0.430 e.